The number of rotatable bonds is 4. The summed E-state index contributed by atoms with van der Waals surface area (Å²) in [7, 11) is 0. The van der Waals surface area contributed by atoms with Crippen molar-refractivity contribution in [2.75, 3.05) is 6.61 Å². The molecule has 0 amide bonds. The van der Waals surface area contributed by atoms with Gasteiger partial charge in [-0.1, -0.05) is 30.4 Å². The van der Waals surface area contributed by atoms with Crippen LogP contribution in [0.3, 0.4) is 0 Å². The Balaban J connectivity index is 2.02. The summed E-state index contributed by atoms with van der Waals surface area (Å²) >= 11 is 1.15. The molecular weight excluding hydrogens is 314 g/mol. The van der Waals surface area contributed by atoms with Crippen LogP contribution in [0.2, 0.25) is 0 Å². The molecule has 118 valence electrons. The number of fused-ring (bicyclic) bond motifs is 1. The van der Waals surface area contributed by atoms with Crippen molar-refractivity contribution in [1.82, 2.24) is 14.6 Å². The third-order valence-corrected chi connectivity index (χ3v) is 4.15. The van der Waals surface area contributed by atoms with Crippen LogP contribution in [0.4, 0.5) is 0 Å². The monoisotopic (exact) mass is 329 g/mol. The highest BCUT2D eigenvalue weighted by atomic mass is 32.1. The Morgan fingerprint density at radius 1 is 1.26 bits per heavy atom. The zero-order chi connectivity index (χ0) is 16.4. The normalized spacial score (nSPS) is 12.0. The second-order valence-corrected chi connectivity index (χ2v) is 6.04. The molecule has 0 bridgehead atoms. The van der Waals surface area contributed by atoms with Gasteiger partial charge in [-0.15, -0.1) is 0 Å². The number of hydrogen-bond donors (Lipinski definition) is 0. The van der Waals surface area contributed by atoms with Crippen LogP contribution in [0.15, 0.2) is 33.9 Å². The molecule has 0 saturated carbocycles. The van der Waals surface area contributed by atoms with Gasteiger partial charge >= 0.3 is 0 Å². The number of hydrogen-bond acceptors (Lipinski definition) is 6. The smallest absolute Gasteiger partial charge is 0.295 e. The minimum atomic E-state index is -0.407. The van der Waals surface area contributed by atoms with Gasteiger partial charge in [0, 0.05) is 0 Å². The largest absolute Gasteiger partial charge is 0.494 e. The standard InChI is InChI=1S/C16H15N3O3S/c1-3-8-22-12-6-4-11(5-7-12)9-13-15(21)19-16(23-13)17-14(20)10(2)18-19/h4-7,9H,3,8H2,1-2H3. The summed E-state index contributed by atoms with van der Waals surface area (Å²) in [5.74, 6) is 0.798. The van der Waals surface area contributed by atoms with Gasteiger partial charge in [0.15, 0.2) is 0 Å². The van der Waals surface area contributed by atoms with Crippen molar-refractivity contribution in [1.29, 1.82) is 0 Å². The van der Waals surface area contributed by atoms with Gasteiger partial charge in [0.25, 0.3) is 11.1 Å². The summed E-state index contributed by atoms with van der Waals surface area (Å²) in [6.07, 6.45) is 2.71. The zero-order valence-corrected chi connectivity index (χ0v) is 13.6. The molecular formula is C16H15N3O3S. The van der Waals surface area contributed by atoms with E-state index in [0.717, 1.165) is 29.1 Å². The first kappa shape index (κ1) is 15.4. The van der Waals surface area contributed by atoms with Crippen LogP contribution in [0.5, 0.6) is 5.75 Å². The van der Waals surface area contributed by atoms with Gasteiger partial charge in [0.2, 0.25) is 4.96 Å². The SMILES string of the molecule is CCCOc1ccc(C=c2sc3nc(=O)c(C)nn3c2=O)cc1. The lowest BCUT2D eigenvalue weighted by Crippen LogP contribution is -2.27. The molecule has 0 spiro atoms. The van der Waals surface area contributed by atoms with Gasteiger partial charge in [0.05, 0.1) is 11.1 Å². The Kier molecular flexibility index (Phi) is 4.20. The van der Waals surface area contributed by atoms with Crippen molar-refractivity contribution < 1.29 is 4.74 Å². The number of aryl methyl sites for hydroxylation is 1. The molecule has 0 radical (unpaired) electrons. The molecule has 6 nitrogen and oxygen atoms in total. The van der Waals surface area contributed by atoms with E-state index in [4.69, 9.17) is 4.74 Å². The Bertz CT molecular complexity index is 1010. The van der Waals surface area contributed by atoms with Gasteiger partial charge in [-0.05, 0) is 37.1 Å². The van der Waals surface area contributed by atoms with Crippen molar-refractivity contribution in [2.24, 2.45) is 0 Å². The van der Waals surface area contributed by atoms with Crippen molar-refractivity contribution in [3.05, 3.63) is 60.8 Å². The molecule has 0 unspecified atom stereocenters. The van der Waals surface area contributed by atoms with Crippen LogP contribution in [-0.4, -0.2) is 21.2 Å². The van der Waals surface area contributed by atoms with E-state index < -0.39 is 5.56 Å². The van der Waals surface area contributed by atoms with Gasteiger partial charge in [-0.3, -0.25) is 9.59 Å². The lowest BCUT2D eigenvalue weighted by Gasteiger charge is -2.03. The van der Waals surface area contributed by atoms with E-state index in [1.54, 1.807) is 6.08 Å². The fourth-order valence-corrected chi connectivity index (χ4v) is 2.92. The average molecular weight is 329 g/mol. The summed E-state index contributed by atoms with van der Waals surface area (Å²) in [6, 6.07) is 7.49. The van der Waals surface area contributed by atoms with E-state index in [9.17, 15) is 9.59 Å². The molecule has 3 aromatic rings. The lowest BCUT2D eigenvalue weighted by atomic mass is 10.2. The van der Waals surface area contributed by atoms with Crippen molar-refractivity contribution in [2.45, 2.75) is 20.3 Å². The Morgan fingerprint density at radius 2 is 2.00 bits per heavy atom. The average Bonchev–Trinajstić information content (AvgIpc) is 2.83. The Morgan fingerprint density at radius 3 is 2.70 bits per heavy atom. The van der Waals surface area contributed by atoms with E-state index in [-0.39, 0.29) is 11.3 Å². The predicted molar refractivity (Wildman–Crippen MR) is 89.2 cm³/mol. The van der Waals surface area contributed by atoms with Gasteiger partial charge < -0.3 is 4.74 Å². The molecule has 0 aliphatic carbocycles. The highest BCUT2D eigenvalue weighted by molar-refractivity contribution is 7.15. The van der Waals surface area contributed by atoms with Crippen molar-refractivity contribution in [3.8, 4) is 5.75 Å². The van der Waals surface area contributed by atoms with Gasteiger partial charge in [-0.25, -0.2) is 0 Å². The second kappa shape index (κ2) is 6.29. The van der Waals surface area contributed by atoms with E-state index in [1.807, 2.05) is 31.2 Å². The second-order valence-electron chi connectivity index (χ2n) is 5.03. The Hall–Kier alpha value is -2.54. The molecule has 23 heavy (non-hydrogen) atoms. The summed E-state index contributed by atoms with van der Waals surface area (Å²) in [6.45, 7) is 4.26. The predicted octanol–water partition coefficient (Wildman–Crippen LogP) is 1.16. The molecule has 0 saturated heterocycles. The molecule has 0 fully saturated rings. The molecule has 0 atom stereocenters. The highest BCUT2D eigenvalue weighted by Gasteiger charge is 2.08. The molecule has 3 rings (SSSR count). The van der Waals surface area contributed by atoms with Crippen LogP contribution < -0.4 is 20.4 Å². The number of benzene rings is 1. The van der Waals surface area contributed by atoms with Crippen molar-refractivity contribution in [3.63, 3.8) is 0 Å². The third-order valence-electron chi connectivity index (χ3n) is 3.19. The quantitative estimate of drug-likeness (QED) is 0.718. The van der Waals surface area contributed by atoms with Crippen LogP contribution >= 0.6 is 11.3 Å². The first-order valence-electron chi connectivity index (χ1n) is 7.23. The third kappa shape index (κ3) is 3.14. The van der Waals surface area contributed by atoms with Crippen molar-refractivity contribution >= 4 is 22.4 Å². The summed E-state index contributed by atoms with van der Waals surface area (Å²) < 4.78 is 7.18. The van der Waals surface area contributed by atoms with Gasteiger partial charge in [-0.2, -0.15) is 14.6 Å². The molecule has 7 heteroatoms. The minimum Gasteiger partial charge on any atom is -0.494 e. The molecule has 1 aromatic carbocycles. The number of aromatic nitrogens is 3. The number of nitrogens with zero attached hydrogens (tertiary/aromatic N) is 3. The van der Waals surface area contributed by atoms with E-state index in [2.05, 4.69) is 10.1 Å². The molecule has 2 aromatic heterocycles. The minimum absolute atomic E-state index is 0.210. The van der Waals surface area contributed by atoms with E-state index >= 15 is 0 Å². The summed E-state index contributed by atoms with van der Waals surface area (Å²) in [4.78, 5) is 28.0. The molecule has 0 aliphatic rings. The zero-order valence-electron chi connectivity index (χ0n) is 12.8. The van der Waals surface area contributed by atoms with E-state index in [1.165, 1.54) is 11.4 Å². The van der Waals surface area contributed by atoms with Crippen LogP contribution in [0.1, 0.15) is 24.6 Å². The fourth-order valence-electron chi connectivity index (χ4n) is 2.02. The first-order valence-corrected chi connectivity index (χ1v) is 8.05. The lowest BCUT2D eigenvalue weighted by molar-refractivity contribution is 0.317. The summed E-state index contributed by atoms with van der Waals surface area (Å²) in [5.41, 5.74) is 0.403. The van der Waals surface area contributed by atoms with Crippen LogP contribution in [0, 0.1) is 6.92 Å². The van der Waals surface area contributed by atoms with E-state index in [0.29, 0.717) is 16.1 Å². The van der Waals surface area contributed by atoms with Crippen LogP contribution in [-0.2, 0) is 0 Å². The fraction of sp³-hybridized carbons (Fsp3) is 0.250. The summed E-state index contributed by atoms with van der Waals surface area (Å²) in [5, 5.41) is 3.98. The topological polar surface area (TPSA) is 73.6 Å². The molecule has 2 heterocycles. The Labute approximate surface area is 135 Å². The number of ether oxygens (including phenoxy) is 1. The number of thiazole rings is 1. The van der Waals surface area contributed by atoms with Gasteiger partial charge in [0.1, 0.15) is 11.4 Å². The maximum Gasteiger partial charge on any atom is 0.295 e. The maximum atomic E-state index is 12.3. The highest BCUT2D eigenvalue weighted by Crippen LogP contribution is 2.13. The molecule has 0 N–H and O–H groups in total. The van der Waals surface area contributed by atoms with Crippen LogP contribution in [0.25, 0.3) is 11.0 Å². The maximum absolute atomic E-state index is 12.3. The first-order chi connectivity index (χ1) is 11.1. The molecule has 0 aliphatic heterocycles.